The zero-order chi connectivity index (χ0) is 35.7. The molecular formula is C46H31N7. The first-order valence-corrected chi connectivity index (χ1v) is 17.3. The highest BCUT2D eigenvalue weighted by Crippen LogP contribution is 2.33. The number of pyridine rings is 1. The van der Waals surface area contributed by atoms with Crippen LogP contribution in [0.15, 0.2) is 176 Å². The topological polar surface area (TPSA) is 104 Å². The van der Waals surface area contributed by atoms with E-state index < -0.39 is 0 Å². The van der Waals surface area contributed by atoms with Crippen LogP contribution >= 0.6 is 0 Å². The van der Waals surface area contributed by atoms with Gasteiger partial charge in [-0.3, -0.25) is 20.4 Å². The van der Waals surface area contributed by atoms with Crippen LogP contribution < -0.4 is 5.49 Å². The quantitative estimate of drug-likeness (QED) is 0.135. The second-order valence-electron chi connectivity index (χ2n) is 12.7. The molecule has 0 aliphatic heterocycles. The number of aromatic nitrogens is 5. The Bertz CT molecular complexity index is 2860. The molecule has 7 nitrogen and oxygen atoms in total. The van der Waals surface area contributed by atoms with Crippen LogP contribution in [0.5, 0.6) is 0 Å². The molecule has 0 unspecified atom stereocenters. The molecule has 0 aliphatic rings. The van der Waals surface area contributed by atoms with Crippen molar-refractivity contribution in [2.24, 2.45) is 0 Å². The van der Waals surface area contributed by atoms with E-state index in [1.807, 2.05) is 115 Å². The minimum atomic E-state index is 0.187. The lowest BCUT2D eigenvalue weighted by atomic mass is 9.99. The van der Waals surface area contributed by atoms with Crippen molar-refractivity contribution >= 4 is 27.6 Å². The number of benzene rings is 6. The highest BCUT2D eigenvalue weighted by Gasteiger charge is 2.17. The first-order chi connectivity index (χ1) is 26.1. The molecule has 53 heavy (non-hydrogen) atoms. The van der Waals surface area contributed by atoms with Gasteiger partial charge in [-0.15, -0.1) is 0 Å². The third kappa shape index (κ3) is 5.96. The van der Waals surface area contributed by atoms with Crippen LogP contribution in [0, 0.1) is 10.8 Å². The molecular weight excluding hydrogens is 651 g/mol. The number of fused-ring (bicyclic) bond motifs is 2. The van der Waals surface area contributed by atoms with Gasteiger partial charge < -0.3 is 0 Å². The van der Waals surface area contributed by atoms with E-state index in [2.05, 4.69) is 59.6 Å². The molecule has 9 aromatic rings. The first-order valence-electron chi connectivity index (χ1n) is 17.3. The standard InChI is InChI=1S/C46H31N7/c47-43(32-12-2-1-3-13-32)53-44(48)38-19-5-7-22-41(38)51-46(53)36-17-11-15-34(29-36)33-14-10-16-35(28-33)45-50-40-21-6-4-18-37(40)42(52-45)31-25-23-30(24-26-31)39-20-8-9-27-49-39/h1-29,47-48H. The number of hydrogen-bond acceptors (Lipinski definition) is 6. The lowest BCUT2D eigenvalue weighted by molar-refractivity contribution is 0.960. The summed E-state index contributed by atoms with van der Waals surface area (Å²) < 4.78 is 1.63. The van der Waals surface area contributed by atoms with Crippen molar-refractivity contribution in [2.45, 2.75) is 0 Å². The second kappa shape index (κ2) is 13.4. The van der Waals surface area contributed by atoms with E-state index in [4.69, 9.17) is 15.0 Å². The highest BCUT2D eigenvalue weighted by molar-refractivity contribution is 6.01. The van der Waals surface area contributed by atoms with Crippen LogP contribution in [0.2, 0.25) is 0 Å². The Balaban J connectivity index is 1.13. The third-order valence-electron chi connectivity index (χ3n) is 9.39. The van der Waals surface area contributed by atoms with E-state index >= 15 is 0 Å². The number of hydrogen-bond donors (Lipinski definition) is 2. The Morgan fingerprint density at radius 1 is 0.472 bits per heavy atom. The molecule has 9 rings (SSSR count). The van der Waals surface area contributed by atoms with Crippen molar-refractivity contribution in [2.75, 3.05) is 0 Å². The van der Waals surface area contributed by atoms with Gasteiger partial charge in [0, 0.05) is 44.8 Å². The van der Waals surface area contributed by atoms with Crippen LogP contribution in [0.25, 0.3) is 78.2 Å². The lowest BCUT2D eigenvalue weighted by Gasteiger charge is -2.17. The third-order valence-corrected chi connectivity index (χ3v) is 9.39. The van der Waals surface area contributed by atoms with Crippen molar-refractivity contribution in [3.8, 4) is 56.4 Å². The zero-order valence-corrected chi connectivity index (χ0v) is 28.5. The van der Waals surface area contributed by atoms with Gasteiger partial charge in [0.15, 0.2) is 5.82 Å². The summed E-state index contributed by atoms with van der Waals surface area (Å²) in [5.74, 6) is 1.35. The molecule has 3 aromatic heterocycles. The molecule has 3 heterocycles. The molecule has 0 saturated heterocycles. The van der Waals surface area contributed by atoms with E-state index in [9.17, 15) is 10.8 Å². The van der Waals surface area contributed by atoms with Crippen molar-refractivity contribution in [1.82, 2.24) is 24.5 Å². The summed E-state index contributed by atoms with van der Waals surface area (Å²) in [6, 6.07) is 55.8. The Morgan fingerprint density at radius 2 is 1.08 bits per heavy atom. The minimum absolute atomic E-state index is 0.187. The van der Waals surface area contributed by atoms with E-state index in [0.717, 1.165) is 55.7 Å². The Hall–Kier alpha value is -7.38. The van der Waals surface area contributed by atoms with Crippen LogP contribution in [0.1, 0.15) is 5.56 Å². The van der Waals surface area contributed by atoms with Gasteiger partial charge in [0.1, 0.15) is 17.1 Å². The lowest BCUT2D eigenvalue weighted by Crippen LogP contribution is -2.30. The number of nitrogens with one attached hydrogen (secondary N) is 2. The molecule has 0 amide bonds. The molecule has 7 heteroatoms. The molecule has 0 bridgehead atoms. The Morgan fingerprint density at radius 3 is 1.81 bits per heavy atom. The van der Waals surface area contributed by atoms with E-state index in [0.29, 0.717) is 28.1 Å². The minimum Gasteiger partial charge on any atom is -0.283 e. The smallest absolute Gasteiger partial charge is 0.160 e. The van der Waals surface area contributed by atoms with E-state index in [1.165, 1.54) is 0 Å². The molecule has 0 spiro atoms. The van der Waals surface area contributed by atoms with Gasteiger partial charge in [0.25, 0.3) is 0 Å². The maximum atomic E-state index is 9.20. The van der Waals surface area contributed by atoms with E-state index in [1.54, 1.807) is 10.8 Å². The van der Waals surface area contributed by atoms with Crippen LogP contribution in [-0.4, -0.2) is 30.3 Å². The monoisotopic (exact) mass is 681 g/mol. The van der Waals surface area contributed by atoms with Crippen molar-refractivity contribution in [3.05, 3.63) is 187 Å². The number of nitrogens with zero attached hydrogens (tertiary/aromatic N) is 5. The summed E-state index contributed by atoms with van der Waals surface area (Å²) in [6.07, 6.45) is 1.81. The summed E-state index contributed by atoms with van der Waals surface area (Å²) in [5, 5.41) is 20.1. The summed E-state index contributed by atoms with van der Waals surface area (Å²) in [7, 11) is 0. The molecule has 250 valence electrons. The average Bonchev–Trinajstić information content (AvgIpc) is 3.24. The SMILES string of the molecule is N=C(c1ccccc1)n1c(-c2cccc(-c3cccc(-c4nc(-c5ccc(-c6ccccn6)cc5)c5ccccc5n4)c3)c2)nc2ccccc2c1=N. The first kappa shape index (κ1) is 31.6. The van der Waals surface area contributed by atoms with Gasteiger partial charge in [-0.05, 0) is 53.6 Å². The van der Waals surface area contributed by atoms with Gasteiger partial charge in [0.2, 0.25) is 0 Å². The summed E-state index contributed by atoms with van der Waals surface area (Å²) >= 11 is 0. The molecule has 0 saturated carbocycles. The number of para-hydroxylation sites is 2. The molecule has 0 atom stereocenters. The van der Waals surface area contributed by atoms with Crippen molar-refractivity contribution in [1.29, 1.82) is 10.8 Å². The van der Waals surface area contributed by atoms with Crippen LogP contribution in [0.4, 0.5) is 0 Å². The summed E-state index contributed by atoms with van der Waals surface area (Å²) in [5.41, 5.74) is 9.96. The van der Waals surface area contributed by atoms with Crippen LogP contribution in [-0.2, 0) is 0 Å². The Labute approximate surface area is 305 Å². The van der Waals surface area contributed by atoms with Gasteiger partial charge >= 0.3 is 0 Å². The molecule has 6 aromatic carbocycles. The maximum Gasteiger partial charge on any atom is 0.160 e. The van der Waals surface area contributed by atoms with Gasteiger partial charge in [-0.25, -0.2) is 15.0 Å². The Kier molecular flexibility index (Phi) is 7.98. The zero-order valence-electron chi connectivity index (χ0n) is 28.5. The maximum absolute atomic E-state index is 9.20. The molecule has 0 radical (unpaired) electrons. The summed E-state index contributed by atoms with van der Waals surface area (Å²) in [6.45, 7) is 0. The fourth-order valence-electron chi connectivity index (χ4n) is 6.73. The van der Waals surface area contributed by atoms with Gasteiger partial charge in [-0.1, -0.05) is 127 Å². The largest absolute Gasteiger partial charge is 0.283 e. The number of rotatable bonds is 6. The summed E-state index contributed by atoms with van der Waals surface area (Å²) in [4.78, 5) is 19.7. The predicted molar refractivity (Wildman–Crippen MR) is 212 cm³/mol. The van der Waals surface area contributed by atoms with Gasteiger partial charge in [0.05, 0.1) is 22.4 Å². The normalized spacial score (nSPS) is 11.2. The molecule has 0 fully saturated rings. The predicted octanol–water partition coefficient (Wildman–Crippen LogP) is 10.1. The van der Waals surface area contributed by atoms with Crippen molar-refractivity contribution in [3.63, 3.8) is 0 Å². The van der Waals surface area contributed by atoms with Crippen LogP contribution in [0.3, 0.4) is 0 Å². The van der Waals surface area contributed by atoms with Crippen molar-refractivity contribution < 1.29 is 0 Å². The highest BCUT2D eigenvalue weighted by atomic mass is 15.1. The fraction of sp³-hybridized carbons (Fsp3) is 0. The average molecular weight is 682 g/mol. The van der Waals surface area contributed by atoms with Gasteiger partial charge in [-0.2, -0.15) is 0 Å². The fourth-order valence-corrected chi connectivity index (χ4v) is 6.73. The second-order valence-corrected chi connectivity index (χ2v) is 12.7. The van der Waals surface area contributed by atoms with E-state index in [-0.39, 0.29) is 11.3 Å². The molecule has 2 N–H and O–H groups in total. The molecule has 0 aliphatic carbocycles.